The number of Topliss-reactive ketones (excluding diaryl/α,β-unsaturated/α-hetero) is 1. The maximum absolute atomic E-state index is 12.7. The van der Waals surface area contributed by atoms with Crippen LogP contribution in [0.5, 0.6) is 0 Å². The molecule has 3 heteroatoms. The van der Waals surface area contributed by atoms with Gasteiger partial charge in [0, 0.05) is 23.9 Å². The lowest BCUT2D eigenvalue weighted by Crippen LogP contribution is -2.03. The number of carbonyl (C=O) groups is 1. The first-order chi connectivity index (χ1) is 13.8. The van der Waals surface area contributed by atoms with Crippen molar-refractivity contribution >= 4 is 16.6 Å². The summed E-state index contributed by atoms with van der Waals surface area (Å²) in [7, 11) is 0. The van der Waals surface area contributed by atoms with Crippen molar-refractivity contribution in [1.82, 2.24) is 9.78 Å². The third-order valence-electron chi connectivity index (χ3n) is 5.15. The fourth-order valence-corrected chi connectivity index (χ4v) is 3.69. The maximum Gasteiger partial charge on any atom is 0.163 e. The number of hydrogen-bond donors (Lipinski definition) is 0. The highest BCUT2D eigenvalue weighted by Crippen LogP contribution is 2.21. The molecule has 1 aromatic heterocycles. The van der Waals surface area contributed by atoms with Crippen LogP contribution in [-0.2, 0) is 6.42 Å². The van der Waals surface area contributed by atoms with Crippen LogP contribution in [0.2, 0.25) is 0 Å². The Morgan fingerprint density at radius 3 is 2.46 bits per heavy atom. The van der Waals surface area contributed by atoms with Crippen molar-refractivity contribution in [2.75, 3.05) is 0 Å². The fraction of sp³-hybridized carbons (Fsp3) is 0.200. The van der Waals surface area contributed by atoms with Crippen LogP contribution in [-0.4, -0.2) is 15.6 Å². The Labute approximate surface area is 165 Å². The van der Waals surface area contributed by atoms with Crippen molar-refractivity contribution in [1.29, 1.82) is 0 Å². The van der Waals surface area contributed by atoms with E-state index in [0.717, 1.165) is 47.7 Å². The number of aromatic nitrogens is 2. The van der Waals surface area contributed by atoms with E-state index in [9.17, 15) is 4.79 Å². The van der Waals surface area contributed by atoms with Crippen molar-refractivity contribution in [3.8, 4) is 5.69 Å². The van der Waals surface area contributed by atoms with E-state index in [4.69, 9.17) is 0 Å². The lowest BCUT2D eigenvalue weighted by molar-refractivity contribution is 0.0981. The Morgan fingerprint density at radius 2 is 1.57 bits per heavy atom. The fourth-order valence-electron chi connectivity index (χ4n) is 3.69. The first-order valence-corrected chi connectivity index (χ1v) is 9.92. The molecule has 0 aliphatic heterocycles. The van der Waals surface area contributed by atoms with Gasteiger partial charge in [0.2, 0.25) is 0 Å². The van der Waals surface area contributed by atoms with E-state index in [-0.39, 0.29) is 5.78 Å². The second-order valence-corrected chi connectivity index (χ2v) is 7.08. The molecular weight excluding hydrogens is 344 g/mol. The number of rotatable bonds is 8. The summed E-state index contributed by atoms with van der Waals surface area (Å²) in [5.74, 6) is 0.242. The van der Waals surface area contributed by atoms with Gasteiger partial charge in [0.15, 0.2) is 5.78 Å². The summed E-state index contributed by atoms with van der Waals surface area (Å²) in [5.41, 5.74) is 3.15. The predicted octanol–water partition coefficient (Wildman–Crippen LogP) is 6.01. The number of nitrogens with zero attached hydrogens (tertiary/aromatic N) is 2. The molecule has 0 saturated carbocycles. The van der Waals surface area contributed by atoms with Gasteiger partial charge in [0.1, 0.15) is 0 Å². The van der Waals surface area contributed by atoms with Gasteiger partial charge in [-0.1, -0.05) is 67.1 Å². The molecule has 0 aliphatic carbocycles. The molecule has 1 heterocycles. The lowest BCUT2D eigenvalue weighted by atomic mass is 9.98. The van der Waals surface area contributed by atoms with Crippen LogP contribution in [0, 0.1) is 0 Å². The molecule has 4 rings (SSSR count). The van der Waals surface area contributed by atoms with Crippen LogP contribution < -0.4 is 0 Å². The van der Waals surface area contributed by atoms with E-state index in [1.165, 1.54) is 5.69 Å². The number of ketones is 1. The van der Waals surface area contributed by atoms with Crippen LogP contribution in [0.1, 0.15) is 41.7 Å². The second-order valence-electron chi connectivity index (χ2n) is 7.08. The van der Waals surface area contributed by atoms with Crippen LogP contribution >= 0.6 is 0 Å². The predicted molar refractivity (Wildman–Crippen MR) is 114 cm³/mol. The largest absolute Gasteiger partial charge is 0.294 e. The molecule has 0 atom stereocenters. The Morgan fingerprint density at radius 1 is 0.786 bits per heavy atom. The molecule has 0 N–H and O–H groups in total. The average Bonchev–Trinajstić information content (AvgIpc) is 3.22. The van der Waals surface area contributed by atoms with Gasteiger partial charge in [0.05, 0.1) is 5.69 Å². The summed E-state index contributed by atoms with van der Waals surface area (Å²) in [6, 6.07) is 26.4. The maximum atomic E-state index is 12.7. The Bertz CT molecular complexity index is 1060. The summed E-state index contributed by atoms with van der Waals surface area (Å²) < 4.78 is 2.00. The third kappa shape index (κ3) is 4.04. The monoisotopic (exact) mass is 368 g/mol. The molecule has 0 saturated heterocycles. The van der Waals surface area contributed by atoms with Gasteiger partial charge in [-0.25, -0.2) is 4.68 Å². The number of carbonyl (C=O) groups excluding carboxylic acids is 1. The minimum absolute atomic E-state index is 0.242. The minimum atomic E-state index is 0.242. The molecule has 0 spiro atoms. The molecule has 0 radical (unpaired) electrons. The normalized spacial score (nSPS) is 11.0. The molecule has 3 aromatic carbocycles. The SMILES string of the molecule is O=C(CCCCCc1ccnn1-c1ccccc1)c1cccc2ccccc12. The summed E-state index contributed by atoms with van der Waals surface area (Å²) in [6.45, 7) is 0. The Kier molecular flexibility index (Phi) is 5.62. The van der Waals surface area contributed by atoms with E-state index in [1.807, 2.05) is 59.4 Å². The quantitative estimate of drug-likeness (QED) is 0.282. The molecule has 0 bridgehead atoms. The number of hydrogen-bond acceptors (Lipinski definition) is 2. The van der Waals surface area contributed by atoms with Gasteiger partial charge < -0.3 is 0 Å². The van der Waals surface area contributed by atoms with Crippen molar-refractivity contribution in [3.63, 3.8) is 0 Å². The molecule has 28 heavy (non-hydrogen) atoms. The van der Waals surface area contributed by atoms with E-state index in [1.54, 1.807) is 0 Å². The number of unbranched alkanes of at least 4 members (excludes halogenated alkanes) is 2. The first kappa shape index (κ1) is 18.2. The van der Waals surface area contributed by atoms with E-state index in [0.29, 0.717) is 6.42 Å². The smallest absolute Gasteiger partial charge is 0.163 e. The third-order valence-corrected chi connectivity index (χ3v) is 5.15. The standard InChI is InChI=1S/C25H24N2O/c28-25(24-16-9-11-20-10-7-8-15-23(20)24)17-6-2-5-14-22-18-19-26-27(22)21-12-3-1-4-13-21/h1,3-4,7-13,15-16,18-19H,2,5-6,14,17H2. The molecule has 0 fully saturated rings. The highest BCUT2D eigenvalue weighted by Gasteiger charge is 2.10. The molecule has 4 aromatic rings. The second kappa shape index (κ2) is 8.66. The number of benzene rings is 3. The number of aryl methyl sites for hydroxylation is 1. The molecule has 0 amide bonds. The van der Waals surface area contributed by atoms with Gasteiger partial charge in [-0.15, -0.1) is 0 Å². The number of fused-ring (bicyclic) bond motifs is 1. The summed E-state index contributed by atoms with van der Waals surface area (Å²) in [4.78, 5) is 12.7. The van der Waals surface area contributed by atoms with Crippen LogP contribution in [0.4, 0.5) is 0 Å². The molecule has 140 valence electrons. The zero-order valence-corrected chi connectivity index (χ0v) is 15.9. The van der Waals surface area contributed by atoms with Crippen molar-refractivity contribution in [3.05, 3.63) is 96.3 Å². The van der Waals surface area contributed by atoms with Crippen LogP contribution in [0.15, 0.2) is 85.1 Å². The molecule has 3 nitrogen and oxygen atoms in total. The Hall–Kier alpha value is -3.20. The van der Waals surface area contributed by atoms with Gasteiger partial charge in [-0.3, -0.25) is 4.79 Å². The molecule has 0 unspecified atom stereocenters. The zero-order chi connectivity index (χ0) is 19.2. The average molecular weight is 368 g/mol. The lowest BCUT2D eigenvalue weighted by Gasteiger charge is -2.08. The van der Waals surface area contributed by atoms with Gasteiger partial charge >= 0.3 is 0 Å². The first-order valence-electron chi connectivity index (χ1n) is 9.92. The van der Waals surface area contributed by atoms with E-state index >= 15 is 0 Å². The number of para-hydroxylation sites is 1. The van der Waals surface area contributed by atoms with Crippen molar-refractivity contribution in [2.24, 2.45) is 0 Å². The van der Waals surface area contributed by atoms with E-state index in [2.05, 4.69) is 35.4 Å². The topological polar surface area (TPSA) is 34.9 Å². The van der Waals surface area contributed by atoms with Crippen LogP contribution in [0.25, 0.3) is 16.5 Å². The summed E-state index contributed by atoms with van der Waals surface area (Å²) in [5, 5.41) is 6.63. The summed E-state index contributed by atoms with van der Waals surface area (Å²) >= 11 is 0. The van der Waals surface area contributed by atoms with Crippen molar-refractivity contribution in [2.45, 2.75) is 32.1 Å². The minimum Gasteiger partial charge on any atom is -0.294 e. The van der Waals surface area contributed by atoms with Gasteiger partial charge in [0.25, 0.3) is 0 Å². The summed E-state index contributed by atoms with van der Waals surface area (Å²) in [6.07, 6.45) is 6.44. The molecular formula is C25H24N2O. The molecule has 0 aliphatic rings. The Balaban J connectivity index is 1.30. The van der Waals surface area contributed by atoms with Gasteiger partial charge in [-0.2, -0.15) is 5.10 Å². The highest BCUT2D eigenvalue weighted by atomic mass is 16.1. The van der Waals surface area contributed by atoms with E-state index < -0.39 is 0 Å². The van der Waals surface area contributed by atoms with Crippen molar-refractivity contribution < 1.29 is 4.79 Å². The van der Waals surface area contributed by atoms with Crippen LogP contribution in [0.3, 0.4) is 0 Å². The highest BCUT2D eigenvalue weighted by molar-refractivity contribution is 6.08. The zero-order valence-electron chi connectivity index (χ0n) is 15.9. The van der Waals surface area contributed by atoms with Gasteiger partial charge in [-0.05, 0) is 48.2 Å².